The van der Waals surface area contributed by atoms with Gasteiger partial charge in [-0.3, -0.25) is 0 Å². The highest BCUT2D eigenvalue weighted by molar-refractivity contribution is 7.89. The molecule has 0 heterocycles. The molecule has 2 rings (SSSR count). The largest absolute Gasteiger partial charge is 0.508 e. The van der Waals surface area contributed by atoms with Gasteiger partial charge in [-0.15, -0.1) is 0 Å². The van der Waals surface area contributed by atoms with E-state index in [-0.39, 0.29) is 16.2 Å². The molecule has 0 aromatic heterocycles. The first kappa shape index (κ1) is 15.3. The van der Waals surface area contributed by atoms with Gasteiger partial charge in [-0.05, 0) is 57.6 Å². The van der Waals surface area contributed by atoms with Crippen LogP contribution in [0.1, 0.15) is 19.3 Å². The normalized spacial score (nSPS) is 18.2. The molecule has 0 radical (unpaired) electrons. The van der Waals surface area contributed by atoms with Crippen LogP contribution in [0.5, 0.6) is 5.75 Å². The molecule has 20 heavy (non-hydrogen) atoms. The van der Waals surface area contributed by atoms with E-state index in [0.29, 0.717) is 6.54 Å². The van der Waals surface area contributed by atoms with Crippen molar-refractivity contribution in [3.05, 3.63) is 24.3 Å². The molecule has 0 bridgehead atoms. The molecule has 0 unspecified atom stereocenters. The fourth-order valence-corrected chi connectivity index (χ4v) is 3.88. The van der Waals surface area contributed by atoms with Crippen molar-refractivity contribution in [1.29, 1.82) is 0 Å². The van der Waals surface area contributed by atoms with Crippen LogP contribution in [0.4, 0.5) is 0 Å². The summed E-state index contributed by atoms with van der Waals surface area (Å²) in [6, 6.07) is 5.66. The average Bonchev–Trinajstić information content (AvgIpc) is 2.33. The predicted molar refractivity (Wildman–Crippen MR) is 78.2 cm³/mol. The quantitative estimate of drug-likeness (QED) is 0.895. The van der Waals surface area contributed by atoms with Crippen LogP contribution in [0.2, 0.25) is 0 Å². The molecule has 1 aliphatic carbocycles. The summed E-state index contributed by atoms with van der Waals surface area (Å²) in [5.74, 6) is 0.0651. The first-order valence-electron chi connectivity index (χ1n) is 6.71. The maximum absolute atomic E-state index is 12.5. The van der Waals surface area contributed by atoms with Gasteiger partial charge in [0.15, 0.2) is 0 Å². The summed E-state index contributed by atoms with van der Waals surface area (Å²) < 4.78 is 26.4. The van der Waals surface area contributed by atoms with Crippen LogP contribution in [0.15, 0.2) is 29.2 Å². The molecule has 0 spiro atoms. The SMILES string of the molecule is CN(C)C1(CN(C)S(=O)(=O)c2ccc(O)cc2)CCC1. The van der Waals surface area contributed by atoms with Crippen LogP contribution in [-0.2, 0) is 10.0 Å². The van der Waals surface area contributed by atoms with Crippen molar-refractivity contribution >= 4 is 10.0 Å². The number of likely N-dealkylation sites (N-methyl/N-ethyl adjacent to an activating group) is 2. The number of phenolic OH excluding ortho intramolecular Hbond substituents is 1. The molecule has 1 aliphatic rings. The Hall–Kier alpha value is -1.11. The summed E-state index contributed by atoms with van der Waals surface area (Å²) in [6.07, 6.45) is 3.19. The van der Waals surface area contributed by atoms with Crippen molar-refractivity contribution in [2.45, 2.75) is 29.7 Å². The highest BCUT2D eigenvalue weighted by atomic mass is 32.2. The summed E-state index contributed by atoms with van der Waals surface area (Å²) in [7, 11) is 2.11. The van der Waals surface area contributed by atoms with Gasteiger partial charge in [0.25, 0.3) is 0 Å². The molecule has 6 heteroatoms. The number of phenols is 1. The number of aromatic hydroxyl groups is 1. The van der Waals surface area contributed by atoms with Crippen molar-refractivity contribution in [1.82, 2.24) is 9.21 Å². The first-order chi connectivity index (χ1) is 9.28. The van der Waals surface area contributed by atoms with Gasteiger partial charge in [0.05, 0.1) is 4.90 Å². The molecule has 0 amide bonds. The zero-order valence-corrected chi connectivity index (χ0v) is 13.0. The predicted octanol–water partition coefficient (Wildman–Crippen LogP) is 1.50. The van der Waals surface area contributed by atoms with Crippen molar-refractivity contribution < 1.29 is 13.5 Å². The van der Waals surface area contributed by atoms with E-state index in [9.17, 15) is 13.5 Å². The van der Waals surface area contributed by atoms with Gasteiger partial charge in [-0.1, -0.05) is 0 Å². The van der Waals surface area contributed by atoms with Crippen molar-refractivity contribution in [3.63, 3.8) is 0 Å². The Bertz CT molecular complexity index is 563. The van der Waals surface area contributed by atoms with Crippen LogP contribution in [0.25, 0.3) is 0 Å². The summed E-state index contributed by atoms with van der Waals surface area (Å²) in [6.45, 7) is 0.489. The molecule has 1 N–H and O–H groups in total. The third-order valence-corrected chi connectivity index (χ3v) is 6.11. The summed E-state index contributed by atoms with van der Waals surface area (Å²) in [5, 5.41) is 9.25. The molecule has 5 nitrogen and oxygen atoms in total. The number of rotatable bonds is 5. The van der Waals surface area contributed by atoms with Gasteiger partial charge in [0.1, 0.15) is 5.75 Å². The van der Waals surface area contributed by atoms with E-state index in [0.717, 1.165) is 19.3 Å². The lowest BCUT2D eigenvalue weighted by molar-refractivity contribution is 0.0455. The molecule has 1 aromatic rings. The molecular weight excluding hydrogens is 276 g/mol. The van der Waals surface area contributed by atoms with Gasteiger partial charge < -0.3 is 10.0 Å². The molecule has 0 atom stereocenters. The minimum absolute atomic E-state index is 0.0429. The van der Waals surface area contributed by atoms with Gasteiger partial charge in [0, 0.05) is 19.1 Å². The van der Waals surface area contributed by atoms with Crippen LogP contribution in [0.3, 0.4) is 0 Å². The van der Waals surface area contributed by atoms with Gasteiger partial charge in [-0.25, -0.2) is 8.42 Å². The molecule has 112 valence electrons. The Morgan fingerprint density at radius 2 is 1.70 bits per heavy atom. The van der Waals surface area contributed by atoms with Crippen molar-refractivity contribution in [3.8, 4) is 5.75 Å². The van der Waals surface area contributed by atoms with E-state index in [1.165, 1.54) is 28.6 Å². The standard InChI is InChI=1S/C14H22N2O3S/c1-15(2)14(9-4-10-14)11-16(3)20(18,19)13-7-5-12(17)6-8-13/h5-8,17H,4,9-11H2,1-3H3. The van der Waals surface area contributed by atoms with Gasteiger partial charge in [-0.2, -0.15) is 4.31 Å². The third kappa shape index (κ3) is 2.68. The number of hydrogen-bond acceptors (Lipinski definition) is 4. The zero-order valence-electron chi connectivity index (χ0n) is 12.2. The minimum atomic E-state index is -3.50. The van der Waals surface area contributed by atoms with E-state index >= 15 is 0 Å². The van der Waals surface area contributed by atoms with Gasteiger partial charge >= 0.3 is 0 Å². The molecule has 1 aromatic carbocycles. The van der Waals surface area contributed by atoms with Crippen LogP contribution in [0, 0.1) is 0 Å². The smallest absolute Gasteiger partial charge is 0.242 e. The number of hydrogen-bond donors (Lipinski definition) is 1. The highest BCUT2D eigenvalue weighted by Gasteiger charge is 2.42. The second kappa shape index (κ2) is 5.35. The number of benzene rings is 1. The Morgan fingerprint density at radius 1 is 1.15 bits per heavy atom. The fraction of sp³-hybridized carbons (Fsp3) is 0.571. The van der Waals surface area contributed by atoms with E-state index < -0.39 is 10.0 Å². The Labute approximate surface area is 120 Å². The molecule has 0 saturated heterocycles. The van der Waals surface area contributed by atoms with Crippen LogP contribution >= 0.6 is 0 Å². The first-order valence-corrected chi connectivity index (χ1v) is 8.15. The molecular formula is C14H22N2O3S. The summed E-state index contributed by atoms with van der Waals surface area (Å²) in [4.78, 5) is 2.34. The van der Waals surface area contributed by atoms with E-state index in [4.69, 9.17) is 0 Å². The number of nitrogens with zero attached hydrogens (tertiary/aromatic N) is 2. The monoisotopic (exact) mass is 298 g/mol. The Morgan fingerprint density at radius 3 is 2.10 bits per heavy atom. The highest BCUT2D eigenvalue weighted by Crippen LogP contribution is 2.37. The minimum Gasteiger partial charge on any atom is -0.508 e. The third-order valence-electron chi connectivity index (χ3n) is 4.29. The average molecular weight is 298 g/mol. The second-order valence-electron chi connectivity index (χ2n) is 5.73. The van der Waals surface area contributed by atoms with Gasteiger partial charge in [0.2, 0.25) is 10.0 Å². The summed E-state index contributed by atoms with van der Waals surface area (Å²) >= 11 is 0. The van der Waals surface area contributed by atoms with E-state index in [2.05, 4.69) is 4.90 Å². The summed E-state index contributed by atoms with van der Waals surface area (Å²) in [5.41, 5.74) is -0.0429. The lowest BCUT2D eigenvalue weighted by Crippen LogP contribution is -2.57. The van der Waals surface area contributed by atoms with E-state index in [1.54, 1.807) is 7.05 Å². The zero-order chi connectivity index (χ0) is 15.0. The Kier molecular flexibility index (Phi) is 4.09. The molecule has 1 fully saturated rings. The number of sulfonamides is 1. The Balaban J connectivity index is 2.19. The van der Waals surface area contributed by atoms with Crippen molar-refractivity contribution in [2.24, 2.45) is 0 Å². The molecule has 1 saturated carbocycles. The lowest BCUT2D eigenvalue weighted by atomic mass is 9.75. The second-order valence-corrected chi connectivity index (χ2v) is 7.77. The maximum Gasteiger partial charge on any atom is 0.242 e. The van der Waals surface area contributed by atoms with E-state index in [1.807, 2.05) is 14.1 Å². The molecule has 0 aliphatic heterocycles. The fourth-order valence-electron chi connectivity index (χ4n) is 2.63. The lowest BCUT2D eigenvalue weighted by Gasteiger charge is -2.48. The van der Waals surface area contributed by atoms with Crippen LogP contribution in [-0.4, -0.2) is 56.0 Å². The van der Waals surface area contributed by atoms with Crippen molar-refractivity contribution in [2.75, 3.05) is 27.7 Å². The topological polar surface area (TPSA) is 60.9 Å². The van der Waals surface area contributed by atoms with Crippen LogP contribution < -0.4 is 0 Å². The maximum atomic E-state index is 12.5.